The molecular weight excluding hydrogens is 318 g/mol. The second-order valence-electron chi connectivity index (χ2n) is 7.25. The first-order valence-electron chi connectivity index (χ1n) is 8.85. The first-order valence-corrected chi connectivity index (χ1v) is 8.85. The predicted octanol–water partition coefficient (Wildman–Crippen LogP) is 2.48. The van der Waals surface area contributed by atoms with Crippen LogP contribution in [0.3, 0.4) is 0 Å². The summed E-state index contributed by atoms with van der Waals surface area (Å²) >= 11 is 0. The second kappa shape index (κ2) is 8.89. The Kier molecular flexibility index (Phi) is 6.87. The molecule has 0 saturated carbocycles. The summed E-state index contributed by atoms with van der Waals surface area (Å²) in [5.41, 5.74) is 1.93. The smallest absolute Gasteiger partial charge is 0.143 e. The number of ether oxygens (including phenoxy) is 2. The number of rotatable bonds is 7. The molecule has 2 aliphatic rings. The van der Waals surface area contributed by atoms with E-state index in [9.17, 15) is 10.5 Å². The molecule has 0 unspecified atom stereocenters. The van der Waals surface area contributed by atoms with E-state index in [1.54, 1.807) is 0 Å². The summed E-state index contributed by atoms with van der Waals surface area (Å²) in [5, 5.41) is 27.5. The van der Waals surface area contributed by atoms with Crippen molar-refractivity contribution in [3.8, 4) is 12.1 Å². The standard InChI is InChI=1S/C19H27N3O3/c1-19(2)11-16(15(13-20)14-21)18(25-10-9-24-8-7-23)17(12-19)22-5-3-4-6-22/h23H,3-12H2,1-2H3. The van der Waals surface area contributed by atoms with Crippen molar-refractivity contribution in [2.24, 2.45) is 5.41 Å². The van der Waals surface area contributed by atoms with Gasteiger partial charge in [0.15, 0.2) is 0 Å². The fraction of sp³-hybridized carbons (Fsp3) is 0.684. The largest absolute Gasteiger partial charge is 0.489 e. The lowest BCUT2D eigenvalue weighted by atomic mass is 9.75. The number of allylic oxidation sites excluding steroid dienone is 3. The molecule has 0 atom stereocenters. The van der Waals surface area contributed by atoms with E-state index in [0.29, 0.717) is 31.0 Å². The third kappa shape index (κ3) is 4.98. The van der Waals surface area contributed by atoms with Gasteiger partial charge in [-0.05, 0) is 31.1 Å². The Morgan fingerprint density at radius 3 is 2.40 bits per heavy atom. The van der Waals surface area contributed by atoms with Gasteiger partial charge in [-0.3, -0.25) is 0 Å². The molecule has 6 nitrogen and oxygen atoms in total. The minimum absolute atomic E-state index is 0.0198. The van der Waals surface area contributed by atoms with E-state index in [2.05, 4.69) is 18.7 Å². The highest BCUT2D eigenvalue weighted by Gasteiger charge is 2.36. The van der Waals surface area contributed by atoms with Crippen molar-refractivity contribution in [3.63, 3.8) is 0 Å². The molecule has 0 spiro atoms. The highest BCUT2D eigenvalue weighted by molar-refractivity contribution is 5.50. The maximum Gasteiger partial charge on any atom is 0.143 e. The maximum absolute atomic E-state index is 9.38. The van der Waals surface area contributed by atoms with Crippen LogP contribution < -0.4 is 0 Å². The lowest BCUT2D eigenvalue weighted by Gasteiger charge is -2.38. The van der Waals surface area contributed by atoms with Gasteiger partial charge in [0.25, 0.3) is 0 Å². The Morgan fingerprint density at radius 2 is 1.80 bits per heavy atom. The molecule has 2 rings (SSSR count). The molecule has 1 aliphatic heterocycles. The molecule has 0 bridgehead atoms. The summed E-state index contributed by atoms with van der Waals surface area (Å²) in [5.74, 6) is 0.687. The van der Waals surface area contributed by atoms with Gasteiger partial charge in [0.1, 0.15) is 30.1 Å². The van der Waals surface area contributed by atoms with Crippen LogP contribution in [0.25, 0.3) is 0 Å². The van der Waals surface area contributed by atoms with E-state index < -0.39 is 0 Å². The lowest BCUT2D eigenvalue weighted by molar-refractivity contribution is 0.0509. The van der Waals surface area contributed by atoms with Crippen LogP contribution in [0.2, 0.25) is 0 Å². The van der Waals surface area contributed by atoms with Crippen molar-refractivity contribution in [2.45, 2.75) is 39.5 Å². The molecule has 0 aromatic rings. The summed E-state index contributed by atoms with van der Waals surface area (Å²) in [6, 6.07) is 4.07. The molecule has 1 N–H and O–H groups in total. The lowest BCUT2D eigenvalue weighted by Crippen LogP contribution is -2.31. The van der Waals surface area contributed by atoms with Gasteiger partial charge in [0, 0.05) is 18.7 Å². The van der Waals surface area contributed by atoms with Crippen LogP contribution in [0, 0.1) is 28.1 Å². The zero-order valence-electron chi connectivity index (χ0n) is 15.2. The Labute approximate surface area is 149 Å². The molecular formula is C19H27N3O3. The number of likely N-dealkylation sites (tertiary alicyclic amines) is 1. The first kappa shape index (κ1) is 19.3. The molecule has 1 aliphatic carbocycles. The van der Waals surface area contributed by atoms with Crippen LogP contribution in [0.5, 0.6) is 0 Å². The Bertz CT molecular complexity index is 601. The predicted molar refractivity (Wildman–Crippen MR) is 93.0 cm³/mol. The van der Waals surface area contributed by atoms with Crippen molar-refractivity contribution >= 4 is 0 Å². The van der Waals surface area contributed by atoms with E-state index in [0.717, 1.165) is 38.0 Å². The minimum Gasteiger partial charge on any atom is -0.489 e. The SMILES string of the molecule is CC1(C)CC(=C(C#N)C#N)C(OCCOCCO)=C(N2CCCC2)C1. The van der Waals surface area contributed by atoms with Crippen molar-refractivity contribution in [3.05, 3.63) is 22.6 Å². The highest BCUT2D eigenvalue weighted by Crippen LogP contribution is 2.45. The monoisotopic (exact) mass is 345 g/mol. The van der Waals surface area contributed by atoms with E-state index >= 15 is 0 Å². The highest BCUT2D eigenvalue weighted by atomic mass is 16.5. The van der Waals surface area contributed by atoms with Crippen LogP contribution in [0.4, 0.5) is 0 Å². The summed E-state index contributed by atoms with van der Waals surface area (Å²) in [4.78, 5) is 2.33. The summed E-state index contributed by atoms with van der Waals surface area (Å²) in [6.45, 7) is 7.26. The van der Waals surface area contributed by atoms with Crippen molar-refractivity contribution in [1.29, 1.82) is 10.5 Å². The fourth-order valence-electron chi connectivity index (χ4n) is 3.47. The van der Waals surface area contributed by atoms with Crippen LogP contribution in [0.15, 0.2) is 22.6 Å². The molecule has 0 aromatic heterocycles. The topological polar surface area (TPSA) is 89.5 Å². The van der Waals surface area contributed by atoms with Gasteiger partial charge >= 0.3 is 0 Å². The van der Waals surface area contributed by atoms with Gasteiger partial charge in [0.2, 0.25) is 0 Å². The molecule has 0 radical (unpaired) electrons. The Balaban J connectivity index is 2.35. The van der Waals surface area contributed by atoms with E-state index in [1.807, 2.05) is 12.1 Å². The minimum atomic E-state index is -0.0214. The van der Waals surface area contributed by atoms with Gasteiger partial charge in [-0.1, -0.05) is 13.8 Å². The van der Waals surface area contributed by atoms with Gasteiger partial charge in [0.05, 0.1) is 25.5 Å². The summed E-state index contributed by atoms with van der Waals surface area (Å²) in [7, 11) is 0. The average Bonchev–Trinajstić information content (AvgIpc) is 3.11. The fourth-order valence-corrected chi connectivity index (χ4v) is 3.47. The third-order valence-electron chi connectivity index (χ3n) is 4.56. The average molecular weight is 345 g/mol. The van der Waals surface area contributed by atoms with E-state index in [4.69, 9.17) is 14.6 Å². The number of aliphatic hydroxyl groups is 1. The Morgan fingerprint density at radius 1 is 1.12 bits per heavy atom. The van der Waals surface area contributed by atoms with Crippen molar-refractivity contribution < 1.29 is 14.6 Å². The van der Waals surface area contributed by atoms with Gasteiger partial charge in [-0.2, -0.15) is 10.5 Å². The molecule has 1 saturated heterocycles. The summed E-state index contributed by atoms with van der Waals surface area (Å²) < 4.78 is 11.3. The maximum atomic E-state index is 9.38. The van der Waals surface area contributed by atoms with E-state index in [-0.39, 0.29) is 24.2 Å². The zero-order chi connectivity index (χ0) is 18.3. The molecule has 136 valence electrons. The van der Waals surface area contributed by atoms with Gasteiger partial charge in [-0.15, -0.1) is 0 Å². The van der Waals surface area contributed by atoms with Crippen LogP contribution in [-0.4, -0.2) is 49.5 Å². The third-order valence-corrected chi connectivity index (χ3v) is 4.56. The van der Waals surface area contributed by atoms with Crippen LogP contribution in [-0.2, 0) is 9.47 Å². The molecule has 0 aromatic carbocycles. The van der Waals surface area contributed by atoms with Crippen molar-refractivity contribution in [2.75, 3.05) is 39.5 Å². The van der Waals surface area contributed by atoms with Crippen LogP contribution >= 0.6 is 0 Å². The molecule has 1 heterocycles. The molecule has 6 heteroatoms. The number of nitriles is 2. The summed E-state index contributed by atoms with van der Waals surface area (Å²) in [6.07, 6.45) is 3.82. The molecule has 0 amide bonds. The van der Waals surface area contributed by atoms with Gasteiger partial charge in [-0.25, -0.2) is 0 Å². The number of hydrogen-bond acceptors (Lipinski definition) is 6. The number of aliphatic hydroxyl groups excluding tert-OH is 1. The second-order valence-corrected chi connectivity index (χ2v) is 7.25. The van der Waals surface area contributed by atoms with Crippen LogP contribution in [0.1, 0.15) is 39.5 Å². The molecule has 25 heavy (non-hydrogen) atoms. The number of nitrogens with zero attached hydrogens (tertiary/aromatic N) is 3. The van der Waals surface area contributed by atoms with Crippen molar-refractivity contribution in [1.82, 2.24) is 4.90 Å². The quantitative estimate of drug-likeness (QED) is 0.563. The molecule has 1 fully saturated rings. The number of hydrogen-bond donors (Lipinski definition) is 1. The first-order chi connectivity index (χ1) is 12.0. The Hall–Kier alpha value is -2.02. The normalized spacial score (nSPS) is 19.6. The zero-order valence-corrected chi connectivity index (χ0v) is 15.2. The van der Waals surface area contributed by atoms with E-state index in [1.165, 1.54) is 0 Å². The van der Waals surface area contributed by atoms with Gasteiger partial charge < -0.3 is 19.5 Å².